The average Bonchev–Trinajstić information content (AvgIpc) is 3.32. The molecule has 48 heavy (non-hydrogen) atoms. The Balaban J connectivity index is 0.00000307. The number of carbonyl (C=O) groups excluding carboxylic acids is 2. The van der Waals surface area contributed by atoms with Crippen molar-refractivity contribution in [2.24, 2.45) is 10.9 Å². The molecule has 0 bridgehead atoms. The molecule has 0 radical (unpaired) electrons. The second-order valence-corrected chi connectivity index (χ2v) is 16.2. The number of nitrogens with zero attached hydrogens (tertiary/aromatic N) is 4. The highest BCUT2D eigenvalue weighted by Crippen LogP contribution is 2.37. The molecule has 2 amide bonds. The maximum atomic E-state index is 14.7. The Morgan fingerprint density at radius 2 is 1.88 bits per heavy atom. The van der Waals surface area contributed by atoms with E-state index in [0.717, 1.165) is 62.7 Å². The van der Waals surface area contributed by atoms with Crippen LogP contribution in [0.3, 0.4) is 0 Å². The van der Waals surface area contributed by atoms with Crippen LogP contribution in [0, 0.1) is 18.8 Å². The SMILES string of the molecule is CO.Cc1ccnc(C(CCC2CN(C(=O)OC(C)(C)C)C(C)(C)C2)NC2=NC(SNC(=O)c3ccc(C(C)(C)C)nc3F)CCC2)c1. The van der Waals surface area contributed by atoms with Gasteiger partial charge in [0.05, 0.1) is 23.1 Å². The third-order valence-corrected chi connectivity index (χ3v) is 9.30. The number of aliphatic hydroxyl groups is 1. The van der Waals surface area contributed by atoms with Gasteiger partial charge in [0.1, 0.15) is 11.0 Å². The van der Waals surface area contributed by atoms with E-state index in [9.17, 15) is 14.0 Å². The van der Waals surface area contributed by atoms with E-state index >= 15 is 0 Å². The third-order valence-electron chi connectivity index (χ3n) is 8.39. The Morgan fingerprint density at radius 3 is 2.50 bits per heavy atom. The van der Waals surface area contributed by atoms with Crippen molar-refractivity contribution >= 4 is 29.8 Å². The smallest absolute Gasteiger partial charge is 0.410 e. The van der Waals surface area contributed by atoms with Crippen molar-refractivity contribution in [2.45, 2.75) is 129 Å². The monoisotopic (exact) mass is 686 g/mol. The number of carbonyl (C=O) groups is 2. The first kappa shape index (κ1) is 39.2. The molecule has 266 valence electrons. The van der Waals surface area contributed by atoms with E-state index in [1.807, 2.05) is 58.7 Å². The number of nitrogens with one attached hydrogen (secondary N) is 2. The summed E-state index contributed by atoms with van der Waals surface area (Å²) in [6.45, 7) is 18.5. The summed E-state index contributed by atoms with van der Waals surface area (Å²) in [5.41, 5.74) is 1.46. The lowest BCUT2D eigenvalue weighted by atomic mass is 9.91. The first-order valence-electron chi connectivity index (χ1n) is 16.8. The largest absolute Gasteiger partial charge is 0.444 e. The van der Waals surface area contributed by atoms with Crippen LogP contribution in [0.15, 0.2) is 35.5 Å². The standard InChI is InChI=1S/C35H51FN6O3S.CH4O/c1-22-17-18-37-26(19-22)25(15-13-23-20-35(8,9)42(21-23)32(44)45-34(5,6)7)38-28-11-10-12-29(40-28)46-41-31(43)24-14-16-27(33(2,3)4)39-30(24)36;1-2/h14,16-19,23,25,29H,10-13,15,20-21H2,1-9H3,(H,38,40)(H,41,43);2H,1H3. The highest BCUT2D eigenvalue weighted by molar-refractivity contribution is 7.98. The lowest BCUT2D eigenvalue weighted by Crippen LogP contribution is -2.45. The summed E-state index contributed by atoms with van der Waals surface area (Å²) in [5, 5.41) is 10.5. The molecule has 4 rings (SSSR count). The molecular weight excluding hydrogens is 631 g/mol. The summed E-state index contributed by atoms with van der Waals surface area (Å²) in [6.07, 6.45) is 6.70. The van der Waals surface area contributed by atoms with E-state index in [1.165, 1.54) is 18.0 Å². The highest BCUT2D eigenvalue weighted by atomic mass is 32.2. The zero-order chi connectivity index (χ0) is 35.9. The summed E-state index contributed by atoms with van der Waals surface area (Å²) >= 11 is 1.20. The Hall–Kier alpha value is -3.25. The first-order valence-corrected chi connectivity index (χ1v) is 17.6. The molecule has 2 aliphatic heterocycles. The van der Waals surface area contributed by atoms with Gasteiger partial charge in [-0.2, -0.15) is 4.39 Å². The molecule has 0 saturated carbocycles. The van der Waals surface area contributed by atoms with Gasteiger partial charge in [-0.05, 0) is 121 Å². The number of aliphatic imine (C=N–C) groups is 1. The molecule has 2 aliphatic rings. The summed E-state index contributed by atoms with van der Waals surface area (Å²) < 4.78 is 23.2. The number of aromatic nitrogens is 2. The zero-order valence-corrected chi connectivity index (χ0v) is 31.1. The number of aryl methyl sites for hydroxylation is 1. The number of ether oxygens (including phenoxy) is 1. The molecule has 2 aromatic rings. The van der Waals surface area contributed by atoms with Gasteiger partial charge in [0.2, 0.25) is 5.95 Å². The van der Waals surface area contributed by atoms with E-state index < -0.39 is 17.5 Å². The number of hydrogen-bond acceptors (Lipinski definition) is 9. The summed E-state index contributed by atoms with van der Waals surface area (Å²) in [7, 11) is 1.00. The minimum Gasteiger partial charge on any atom is -0.444 e. The molecule has 10 nitrogen and oxygen atoms in total. The van der Waals surface area contributed by atoms with Gasteiger partial charge in [0.15, 0.2) is 0 Å². The quantitative estimate of drug-likeness (QED) is 0.196. The molecular formula is C36H55FN6O4S. The van der Waals surface area contributed by atoms with E-state index in [0.29, 0.717) is 18.2 Å². The second kappa shape index (κ2) is 16.4. The Morgan fingerprint density at radius 1 is 1.17 bits per heavy atom. The number of amidine groups is 1. The number of hydrogen-bond donors (Lipinski definition) is 3. The average molecular weight is 687 g/mol. The molecule has 4 heterocycles. The fraction of sp³-hybridized carbons (Fsp3) is 0.639. The van der Waals surface area contributed by atoms with Gasteiger partial charge in [-0.25, -0.2) is 9.78 Å². The summed E-state index contributed by atoms with van der Waals surface area (Å²) in [5.74, 6) is -0.0903. The van der Waals surface area contributed by atoms with Crippen LogP contribution in [0.1, 0.15) is 127 Å². The van der Waals surface area contributed by atoms with Gasteiger partial charge in [-0.1, -0.05) is 20.8 Å². The number of rotatable bonds is 8. The molecule has 12 heteroatoms. The van der Waals surface area contributed by atoms with Crippen LogP contribution < -0.4 is 10.0 Å². The minimum absolute atomic E-state index is 0.0582. The fourth-order valence-electron chi connectivity index (χ4n) is 6.01. The minimum atomic E-state index is -0.770. The van der Waals surface area contributed by atoms with Gasteiger partial charge in [-0.3, -0.25) is 19.5 Å². The lowest BCUT2D eigenvalue weighted by molar-refractivity contribution is 0.0130. The van der Waals surface area contributed by atoms with Crippen molar-refractivity contribution in [3.05, 3.63) is 58.9 Å². The third kappa shape index (κ3) is 11.1. The first-order chi connectivity index (χ1) is 22.4. The molecule has 0 aliphatic carbocycles. The van der Waals surface area contributed by atoms with Gasteiger partial charge in [-0.15, -0.1) is 0 Å². The summed E-state index contributed by atoms with van der Waals surface area (Å²) in [6, 6.07) is 7.23. The molecule has 0 aromatic carbocycles. The second-order valence-electron chi connectivity index (χ2n) is 15.3. The Bertz CT molecular complexity index is 1440. The topological polar surface area (TPSA) is 129 Å². The van der Waals surface area contributed by atoms with Crippen molar-refractivity contribution in [3.63, 3.8) is 0 Å². The maximum absolute atomic E-state index is 14.7. The van der Waals surface area contributed by atoms with Crippen molar-refractivity contribution in [1.82, 2.24) is 24.9 Å². The normalized spacial score (nSPS) is 19.8. The van der Waals surface area contributed by atoms with E-state index in [1.54, 1.807) is 6.07 Å². The lowest BCUT2D eigenvalue weighted by Gasteiger charge is -2.33. The fourth-order valence-corrected chi connectivity index (χ4v) is 6.82. The van der Waals surface area contributed by atoms with Crippen molar-refractivity contribution in [2.75, 3.05) is 13.7 Å². The van der Waals surface area contributed by atoms with Crippen LogP contribution in [0.2, 0.25) is 0 Å². The van der Waals surface area contributed by atoms with Gasteiger partial charge in [0, 0.05) is 42.9 Å². The van der Waals surface area contributed by atoms with E-state index in [2.05, 4.69) is 41.9 Å². The molecule has 1 fully saturated rings. The van der Waals surface area contributed by atoms with Gasteiger partial charge >= 0.3 is 6.09 Å². The Labute approximate surface area is 290 Å². The molecule has 3 N–H and O–H groups in total. The van der Waals surface area contributed by atoms with E-state index in [4.69, 9.17) is 19.8 Å². The predicted octanol–water partition coefficient (Wildman–Crippen LogP) is 7.26. The number of likely N-dealkylation sites (tertiary alicyclic amines) is 1. The van der Waals surface area contributed by atoms with Gasteiger partial charge < -0.3 is 20.1 Å². The highest BCUT2D eigenvalue weighted by Gasteiger charge is 2.43. The number of aliphatic hydroxyl groups excluding tert-OH is 1. The Kier molecular flexibility index (Phi) is 13.4. The van der Waals surface area contributed by atoms with Crippen LogP contribution >= 0.6 is 11.9 Å². The van der Waals surface area contributed by atoms with Crippen LogP contribution in [0.25, 0.3) is 0 Å². The zero-order valence-electron chi connectivity index (χ0n) is 30.3. The molecule has 0 spiro atoms. The van der Waals surface area contributed by atoms with Crippen LogP contribution in [0.4, 0.5) is 9.18 Å². The maximum Gasteiger partial charge on any atom is 0.410 e. The molecule has 2 aromatic heterocycles. The van der Waals surface area contributed by atoms with Gasteiger partial charge in [0.25, 0.3) is 5.91 Å². The number of halogens is 1. The number of pyridine rings is 2. The molecule has 3 unspecified atom stereocenters. The van der Waals surface area contributed by atoms with Crippen molar-refractivity contribution in [1.29, 1.82) is 0 Å². The van der Waals surface area contributed by atoms with Crippen LogP contribution in [-0.2, 0) is 10.2 Å². The van der Waals surface area contributed by atoms with Crippen molar-refractivity contribution < 1.29 is 23.8 Å². The van der Waals surface area contributed by atoms with Crippen LogP contribution in [0.5, 0.6) is 0 Å². The van der Waals surface area contributed by atoms with Crippen LogP contribution in [-0.4, -0.2) is 68.0 Å². The van der Waals surface area contributed by atoms with Crippen molar-refractivity contribution in [3.8, 4) is 0 Å². The summed E-state index contributed by atoms with van der Waals surface area (Å²) in [4.78, 5) is 41.3. The van der Waals surface area contributed by atoms with E-state index in [-0.39, 0.29) is 34.0 Å². The molecule has 3 atom stereocenters. The predicted molar refractivity (Wildman–Crippen MR) is 190 cm³/mol. The number of amides is 2. The molecule has 1 saturated heterocycles.